The molecule has 0 radical (unpaired) electrons. The number of hydrogen-bond donors (Lipinski definition) is 1. The van der Waals surface area contributed by atoms with Crippen LogP contribution in [-0.4, -0.2) is 40.9 Å². The van der Waals surface area contributed by atoms with Gasteiger partial charge in [-0.05, 0) is 37.6 Å². The molecule has 160 valence electrons. The van der Waals surface area contributed by atoms with Crippen molar-refractivity contribution in [3.05, 3.63) is 53.2 Å². The van der Waals surface area contributed by atoms with Crippen LogP contribution in [0.1, 0.15) is 36.7 Å². The van der Waals surface area contributed by atoms with E-state index in [2.05, 4.69) is 26.2 Å². The van der Waals surface area contributed by atoms with Crippen molar-refractivity contribution >= 4 is 27.6 Å². The second-order valence-electron chi connectivity index (χ2n) is 7.37. The number of benzene rings is 1. The fourth-order valence-corrected chi connectivity index (χ4v) is 4.75. The van der Waals surface area contributed by atoms with Gasteiger partial charge in [0.15, 0.2) is 26.6 Å². The third kappa shape index (κ3) is 3.88. The molecule has 7 nitrogen and oxygen atoms in total. The SMILES string of the molecule is C#CC(C)Oc1cnc(/C(F)=C/c2ccc(F)c(C3CS(=O)(=O)C4(C)NC4=N3)c2)cn1. The Morgan fingerprint density at radius 3 is 2.84 bits per heavy atom. The van der Waals surface area contributed by atoms with Gasteiger partial charge >= 0.3 is 0 Å². The molecular weight excluding hydrogens is 426 g/mol. The molecule has 0 saturated carbocycles. The number of halogens is 2. The first-order valence-electron chi connectivity index (χ1n) is 9.33. The summed E-state index contributed by atoms with van der Waals surface area (Å²) in [5, 5.41) is 2.74. The van der Waals surface area contributed by atoms with Crippen LogP contribution in [0.25, 0.3) is 11.9 Å². The summed E-state index contributed by atoms with van der Waals surface area (Å²) in [4.78, 5) is 11.0. The second-order valence-corrected chi connectivity index (χ2v) is 9.75. The second kappa shape index (κ2) is 7.42. The van der Waals surface area contributed by atoms with Gasteiger partial charge in [-0.15, -0.1) is 6.42 Å². The quantitative estimate of drug-likeness (QED) is 0.562. The molecule has 2 aliphatic rings. The van der Waals surface area contributed by atoms with E-state index in [0.29, 0.717) is 11.4 Å². The van der Waals surface area contributed by atoms with E-state index in [4.69, 9.17) is 11.2 Å². The molecule has 3 heterocycles. The summed E-state index contributed by atoms with van der Waals surface area (Å²) in [6.07, 6.45) is 8.31. The highest BCUT2D eigenvalue weighted by molar-refractivity contribution is 7.94. The zero-order valence-electron chi connectivity index (χ0n) is 16.6. The van der Waals surface area contributed by atoms with Gasteiger partial charge in [-0.1, -0.05) is 12.0 Å². The Kier molecular flexibility index (Phi) is 5.01. The van der Waals surface area contributed by atoms with E-state index in [1.54, 1.807) is 6.92 Å². The molecule has 2 aliphatic heterocycles. The minimum Gasteiger partial charge on any atom is -0.460 e. The molecule has 31 heavy (non-hydrogen) atoms. The number of sulfone groups is 1. The molecule has 0 bridgehead atoms. The zero-order chi connectivity index (χ0) is 22.4. The molecule has 0 amide bonds. The Morgan fingerprint density at radius 1 is 1.42 bits per heavy atom. The fraction of sp³-hybridized carbons (Fsp3) is 0.286. The Balaban J connectivity index is 1.59. The van der Waals surface area contributed by atoms with Gasteiger partial charge in [0, 0.05) is 5.56 Å². The first-order valence-corrected chi connectivity index (χ1v) is 11.0. The average molecular weight is 444 g/mol. The molecule has 1 saturated heterocycles. The van der Waals surface area contributed by atoms with Crippen LogP contribution < -0.4 is 10.1 Å². The van der Waals surface area contributed by atoms with Gasteiger partial charge in [-0.2, -0.15) is 0 Å². The number of aliphatic imine (C=N–C) groups is 1. The molecule has 1 fully saturated rings. The van der Waals surface area contributed by atoms with Gasteiger partial charge in [0.1, 0.15) is 17.3 Å². The lowest BCUT2D eigenvalue weighted by atomic mass is 10.0. The Bertz CT molecular complexity index is 1250. The number of terminal acetylenes is 1. The van der Waals surface area contributed by atoms with E-state index >= 15 is 0 Å². The summed E-state index contributed by atoms with van der Waals surface area (Å²) in [5.41, 5.74) is 0.350. The number of ether oxygens (including phenoxy) is 1. The van der Waals surface area contributed by atoms with E-state index in [1.807, 2.05) is 0 Å². The van der Waals surface area contributed by atoms with Crippen molar-refractivity contribution in [3.63, 3.8) is 0 Å². The van der Waals surface area contributed by atoms with Crippen molar-refractivity contribution < 1.29 is 21.9 Å². The van der Waals surface area contributed by atoms with E-state index in [-0.39, 0.29) is 22.9 Å². The normalized spacial score (nSPS) is 24.8. The molecule has 3 atom stereocenters. The highest BCUT2D eigenvalue weighted by Gasteiger charge is 2.60. The van der Waals surface area contributed by atoms with Crippen LogP contribution in [-0.2, 0) is 9.84 Å². The maximum atomic E-state index is 14.7. The van der Waals surface area contributed by atoms with Crippen LogP contribution in [0.3, 0.4) is 0 Å². The minimum atomic E-state index is -3.54. The predicted octanol–water partition coefficient (Wildman–Crippen LogP) is 2.67. The third-order valence-electron chi connectivity index (χ3n) is 5.11. The number of aromatic nitrogens is 2. The van der Waals surface area contributed by atoms with Crippen molar-refractivity contribution in [1.29, 1.82) is 0 Å². The molecule has 10 heteroatoms. The summed E-state index contributed by atoms with van der Waals surface area (Å²) in [6.45, 7) is 3.18. The molecule has 0 aliphatic carbocycles. The highest BCUT2D eigenvalue weighted by Crippen LogP contribution is 2.39. The summed E-state index contributed by atoms with van der Waals surface area (Å²) >= 11 is 0. The van der Waals surface area contributed by atoms with E-state index in [9.17, 15) is 17.2 Å². The lowest BCUT2D eigenvalue weighted by Gasteiger charge is -2.19. The first kappa shape index (κ1) is 20.9. The monoisotopic (exact) mass is 444 g/mol. The minimum absolute atomic E-state index is 0.0509. The number of hydrogen-bond acceptors (Lipinski definition) is 7. The maximum Gasteiger partial charge on any atom is 0.233 e. The first-order chi connectivity index (χ1) is 14.6. The molecule has 1 aromatic heterocycles. The van der Waals surface area contributed by atoms with Crippen molar-refractivity contribution in [2.24, 2.45) is 4.99 Å². The maximum absolute atomic E-state index is 14.7. The Labute approximate surface area is 178 Å². The molecular formula is C21H18F2N4O3S. The fourth-order valence-electron chi connectivity index (χ4n) is 3.15. The Hall–Kier alpha value is -3.32. The molecule has 3 unspecified atom stereocenters. The van der Waals surface area contributed by atoms with Gasteiger partial charge in [0.2, 0.25) is 5.88 Å². The smallest absolute Gasteiger partial charge is 0.233 e. The van der Waals surface area contributed by atoms with Crippen molar-refractivity contribution in [1.82, 2.24) is 15.3 Å². The van der Waals surface area contributed by atoms with Gasteiger partial charge in [0.05, 0.1) is 24.2 Å². The van der Waals surface area contributed by atoms with Crippen LogP contribution in [0.15, 0.2) is 35.6 Å². The van der Waals surface area contributed by atoms with Gasteiger partial charge in [-0.3, -0.25) is 4.99 Å². The summed E-state index contributed by atoms with van der Waals surface area (Å²) in [7, 11) is -3.54. The number of rotatable bonds is 5. The number of amidine groups is 1. The number of fused-ring (bicyclic) bond motifs is 1. The lowest BCUT2D eigenvalue weighted by molar-refractivity contribution is 0.266. The Morgan fingerprint density at radius 2 is 2.19 bits per heavy atom. The summed E-state index contributed by atoms with van der Waals surface area (Å²) in [6, 6.07) is 3.00. The van der Waals surface area contributed by atoms with Gasteiger partial charge in [0.25, 0.3) is 0 Å². The molecule has 4 rings (SSSR count). The summed E-state index contributed by atoms with van der Waals surface area (Å²) < 4.78 is 59.2. The molecule has 2 aromatic rings. The van der Waals surface area contributed by atoms with E-state index in [0.717, 1.165) is 12.1 Å². The third-order valence-corrected chi connectivity index (χ3v) is 7.40. The van der Waals surface area contributed by atoms with Crippen molar-refractivity contribution in [3.8, 4) is 18.2 Å². The van der Waals surface area contributed by atoms with Crippen molar-refractivity contribution in [2.75, 3.05) is 5.75 Å². The molecule has 1 N–H and O–H groups in total. The highest BCUT2D eigenvalue weighted by atomic mass is 32.2. The number of nitrogens with zero attached hydrogens (tertiary/aromatic N) is 3. The van der Waals surface area contributed by atoms with E-state index < -0.39 is 38.5 Å². The zero-order valence-corrected chi connectivity index (χ0v) is 17.5. The number of nitrogens with one attached hydrogen (secondary N) is 1. The van der Waals surface area contributed by atoms with E-state index in [1.165, 1.54) is 31.5 Å². The largest absolute Gasteiger partial charge is 0.460 e. The molecule has 1 aromatic carbocycles. The van der Waals surface area contributed by atoms with Crippen molar-refractivity contribution in [2.45, 2.75) is 30.9 Å². The standard InChI is InChI=1S/C21H18F2N4O3S/c1-4-12(2)30-19-10-24-17(9-25-19)16(23)8-13-5-6-15(22)14(7-13)18-11-31(28,29)21(3)20(26-18)27-21/h1,5-10,12,18H,11H2,2-3H3,(H,26,27)/b16-8-. The summed E-state index contributed by atoms with van der Waals surface area (Å²) in [5.74, 6) is 1.18. The van der Waals surface area contributed by atoms with Crippen LogP contribution in [0.5, 0.6) is 5.88 Å². The molecule has 0 spiro atoms. The van der Waals surface area contributed by atoms with Crippen LogP contribution >= 0.6 is 0 Å². The van der Waals surface area contributed by atoms with Crippen LogP contribution in [0, 0.1) is 18.2 Å². The van der Waals surface area contributed by atoms with Gasteiger partial charge in [-0.25, -0.2) is 27.2 Å². The average Bonchev–Trinajstić information content (AvgIpc) is 3.41. The lowest BCUT2D eigenvalue weighted by Crippen LogP contribution is -2.33. The van der Waals surface area contributed by atoms with Crippen LogP contribution in [0.2, 0.25) is 0 Å². The van der Waals surface area contributed by atoms with Crippen LogP contribution in [0.4, 0.5) is 8.78 Å². The predicted molar refractivity (Wildman–Crippen MR) is 112 cm³/mol. The topological polar surface area (TPSA) is 103 Å². The van der Waals surface area contributed by atoms with Gasteiger partial charge < -0.3 is 10.1 Å².